The molecule has 0 radical (unpaired) electrons. The molecule has 2 aromatic rings. The number of hydrogen-bond acceptors (Lipinski definition) is 4. The molecule has 150 valence electrons. The number of guanidine groups is 1. The molecule has 2 N–H and O–H groups in total. The van der Waals surface area contributed by atoms with Gasteiger partial charge < -0.3 is 15.4 Å². The van der Waals surface area contributed by atoms with Crippen LogP contribution in [0.5, 0.6) is 5.75 Å². The van der Waals surface area contributed by atoms with Crippen LogP contribution in [0.1, 0.15) is 21.1 Å². The topological polar surface area (TPSA) is 58.5 Å². The van der Waals surface area contributed by atoms with Gasteiger partial charge in [-0.25, -0.2) is 4.98 Å². The summed E-state index contributed by atoms with van der Waals surface area (Å²) in [5.74, 6) is 0.989. The number of halogens is 4. The number of thiazole rings is 1. The predicted molar refractivity (Wildman–Crippen MR) is 112 cm³/mol. The standard InChI is InChI=1S/C17H21F3N4OS.HI/c1-11-12(2)26-15(24-11)10-23-16(21-3)22-8-9-25-14-6-4-13(5-7-14)17(18,19)20;/h4-7H,8-10H2,1-3H3,(H2,21,22,23);1H. The van der Waals surface area contributed by atoms with Crippen LogP contribution in [-0.4, -0.2) is 31.1 Å². The minimum Gasteiger partial charge on any atom is -0.492 e. The number of alkyl halides is 3. The molecule has 2 rings (SSSR count). The van der Waals surface area contributed by atoms with Crippen LogP contribution >= 0.6 is 35.3 Å². The molecular formula is C17H22F3IN4OS. The first-order valence-electron chi connectivity index (χ1n) is 7.97. The molecule has 0 amide bonds. The van der Waals surface area contributed by atoms with Crippen LogP contribution in [0.3, 0.4) is 0 Å². The molecule has 5 nitrogen and oxygen atoms in total. The zero-order valence-electron chi connectivity index (χ0n) is 15.2. The molecule has 1 aromatic heterocycles. The van der Waals surface area contributed by atoms with E-state index in [9.17, 15) is 13.2 Å². The summed E-state index contributed by atoms with van der Waals surface area (Å²) in [5.41, 5.74) is 0.333. The van der Waals surface area contributed by atoms with Gasteiger partial charge in [-0.2, -0.15) is 13.2 Å². The number of aromatic nitrogens is 1. The number of hydrogen-bond donors (Lipinski definition) is 2. The van der Waals surface area contributed by atoms with E-state index in [1.807, 2.05) is 13.8 Å². The molecular weight excluding hydrogens is 492 g/mol. The minimum atomic E-state index is -4.34. The van der Waals surface area contributed by atoms with Gasteiger partial charge in [-0.1, -0.05) is 0 Å². The second-order valence-electron chi connectivity index (χ2n) is 5.47. The van der Waals surface area contributed by atoms with Crippen molar-refractivity contribution < 1.29 is 17.9 Å². The van der Waals surface area contributed by atoms with Gasteiger partial charge in [0.15, 0.2) is 5.96 Å². The van der Waals surface area contributed by atoms with E-state index < -0.39 is 11.7 Å². The second kappa shape index (κ2) is 10.7. The summed E-state index contributed by atoms with van der Waals surface area (Å²) in [4.78, 5) is 9.74. The van der Waals surface area contributed by atoms with Crippen molar-refractivity contribution in [1.82, 2.24) is 15.6 Å². The van der Waals surface area contributed by atoms with Gasteiger partial charge in [0, 0.05) is 11.9 Å². The van der Waals surface area contributed by atoms with E-state index in [0.29, 0.717) is 31.4 Å². The Morgan fingerprint density at radius 2 is 1.85 bits per heavy atom. The van der Waals surface area contributed by atoms with Crippen molar-refractivity contribution in [2.45, 2.75) is 26.6 Å². The highest BCUT2D eigenvalue weighted by atomic mass is 127. The van der Waals surface area contributed by atoms with Crippen molar-refractivity contribution in [2.75, 3.05) is 20.2 Å². The van der Waals surface area contributed by atoms with E-state index in [1.54, 1.807) is 18.4 Å². The molecule has 0 saturated heterocycles. The quantitative estimate of drug-likeness (QED) is 0.264. The maximum absolute atomic E-state index is 12.5. The first kappa shape index (κ1) is 23.5. The van der Waals surface area contributed by atoms with Crippen LogP contribution in [-0.2, 0) is 12.7 Å². The number of aryl methyl sites for hydroxylation is 2. The Balaban J connectivity index is 0.00000364. The lowest BCUT2D eigenvalue weighted by molar-refractivity contribution is -0.137. The first-order chi connectivity index (χ1) is 12.3. The molecule has 0 unspecified atom stereocenters. The summed E-state index contributed by atoms with van der Waals surface area (Å²) in [7, 11) is 1.66. The van der Waals surface area contributed by atoms with Gasteiger partial charge in [-0.05, 0) is 38.1 Å². The summed E-state index contributed by atoms with van der Waals surface area (Å²) < 4.78 is 42.9. The molecule has 0 aliphatic rings. The average molecular weight is 514 g/mol. The number of nitrogens with zero attached hydrogens (tertiary/aromatic N) is 2. The number of rotatable bonds is 6. The molecule has 0 saturated carbocycles. The van der Waals surface area contributed by atoms with Crippen molar-refractivity contribution in [3.63, 3.8) is 0 Å². The third-order valence-electron chi connectivity index (χ3n) is 3.55. The summed E-state index contributed by atoms with van der Waals surface area (Å²) in [6.45, 7) is 5.32. The van der Waals surface area contributed by atoms with Crippen molar-refractivity contribution in [1.29, 1.82) is 0 Å². The number of nitrogens with one attached hydrogen (secondary N) is 2. The monoisotopic (exact) mass is 514 g/mol. The Labute approximate surface area is 177 Å². The van der Waals surface area contributed by atoms with Crippen molar-refractivity contribution in [3.05, 3.63) is 45.4 Å². The highest BCUT2D eigenvalue weighted by molar-refractivity contribution is 14.0. The van der Waals surface area contributed by atoms with E-state index >= 15 is 0 Å². The van der Waals surface area contributed by atoms with E-state index in [2.05, 4.69) is 20.6 Å². The van der Waals surface area contributed by atoms with Crippen LogP contribution in [0, 0.1) is 13.8 Å². The van der Waals surface area contributed by atoms with E-state index in [-0.39, 0.29) is 24.0 Å². The molecule has 10 heteroatoms. The molecule has 27 heavy (non-hydrogen) atoms. The summed E-state index contributed by atoms with van der Waals surface area (Å²) in [5, 5.41) is 7.21. The van der Waals surface area contributed by atoms with Gasteiger partial charge in [0.05, 0.1) is 24.3 Å². The molecule has 0 spiro atoms. The first-order valence-corrected chi connectivity index (χ1v) is 8.78. The zero-order valence-corrected chi connectivity index (χ0v) is 18.3. The van der Waals surface area contributed by atoms with Gasteiger partial charge in [-0.3, -0.25) is 4.99 Å². The Hall–Kier alpha value is -1.56. The molecule has 0 aliphatic carbocycles. The second-order valence-corrected chi connectivity index (χ2v) is 6.76. The number of aliphatic imine (C=N–C) groups is 1. The maximum Gasteiger partial charge on any atom is 0.416 e. The summed E-state index contributed by atoms with van der Waals surface area (Å²) in [6.07, 6.45) is -4.34. The Morgan fingerprint density at radius 1 is 1.19 bits per heavy atom. The van der Waals surface area contributed by atoms with Gasteiger partial charge in [0.25, 0.3) is 0 Å². The lowest BCUT2D eigenvalue weighted by Gasteiger charge is -2.12. The zero-order chi connectivity index (χ0) is 19.2. The summed E-state index contributed by atoms with van der Waals surface area (Å²) >= 11 is 1.63. The highest BCUT2D eigenvalue weighted by Crippen LogP contribution is 2.30. The highest BCUT2D eigenvalue weighted by Gasteiger charge is 2.29. The summed E-state index contributed by atoms with van der Waals surface area (Å²) in [6, 6.07) is 4.62. The third-order valence-corrected chi connectivity index (χ3v) is 4.62. The van der Waals surface area contributed by atoms with Crippen molar-refractivity contribution >= 4 is 41.3 Å². The van der Waals surface area contributed by atoms with E-state index in [1.165, 1.54) is 17.0 Å². The fourth-order valence-electron chi connectivity index (χ4n) is 2.07. The van der Waals surface area contributed by atoms with E-state index in [4.69, 9.17) is 4.74 Å². The maximum atomic E-state index is 12.5. The van der Waals surface area contributed by atoms with Crippen LogP contribution in [0.4, 0.5) is 13.2 Å². The smallest absolute Gasteiger partial charge is 0.416 e. The van der Waals surface area contributed by atoms with Crippen LogP contribution in [0.25, 0.3) is 0 Å². The van der Waals surface area contributed by atoms with Crippen molar-refractivity contribution in [3.8, 4) is 5.75 Å². The lowest BCUT2D eigenvalue weighted by atomic mass is 10.2. The van der Waals surface area contributed by atoms with Gasteiger partial charge in [0.2, 0.25) is 0 Å². The molecule has 1 heterocycles. The SMILES string of the molecule is CN=C(NCCOc1ccc(C(F)(F)F)cc1)NCc1nc(C)c(C)s1.I. The van der Waals surface area contributed by atoms with E-state index in [0.717, 1.165) is 22.8 Å². The lowest BCUT2D eigenvalue weighted by Crippen LogP contribution is -2.38. The Morgan fingerprint density at radius 3 is 2.37 bits per heavy atom. The molecule has 0 bridgehead atoms. The number of benzene rings is 1. The third kappa shape index (κ3) is 7.53. The number of ether oxygens (including phenoxy) is 1. The largest absolute Gasteiger partial charge is 0.492 e. The minimum absolute atomic E-state index is 0. The fraction of sp³-hybridized carbons (Fsp3) is 0.412. The van der Waals surface area contributed by atoms with Crippen molar-refractivity contribution in [2.24, 2.45) is 4.99 Å². The van der Waals surface area contributed by atoms with Crippen LogP contribution < -0.4 is 15.4 Å². The molecule has 0 atom stereocenters. The molecule has 0 fully saturated rings. The average Bonchev–Trinajstić information content (AvgIpc) is 2.92. The van der Waals surface area contributed by atoms with Gasteiger partial charge in [0.1, 0.15) is 17.4 Å². The Bertz CT molecular complexity index is 728. The molecule has 1 aromatic carbocycles. The van der Waals surface area contributed by atoms with Gasteiger partial charge in [-0.15, -0.1) is 35.3 Å². The predicted octanol–water partition coefficient (Wildman–Crippen LogP) is 4.14. The Kier molecular flexibility index (Phi) is 9.30. The van der Waals surface area contributed by atoms with Crippen LogP contribution in [0.2, 0.25) is 0 Å². The fourth-order valence-corrected chi connectivity index (χ4v) is 2.95. The van der Waals surface area contributed by atoms with Crippen LogP contribution in [0.15, 0.2) is 29.3 Å². The molecule has 0 aliphatic heterocycles. The normalized spacial score (nSPS) is 11.7. The van der Waals surface area contributed by atoms with Gasteiger partial charge >= 0.3 is 6.18 Å².